The number of hydrogen-bond acceptors (Lipinski definition) is 3. The summed E-state index contributed by atoms with van der Waals surface area (Å²) in [5.74, 6) is 0.518. The van der Waals surface area contributed by atoms with Crippen molar-refractivity contribution >= 4 is 10.0 Å². The van der Waals surface area contributed by atoms with E-state index >= 15 is 0 Å². The zero-order valence-corrected chi connectivity index (χ0v) is 14.0. The maximum absolute atomic E-state index is 11.7. The van der Waals surface area contributed by atoms with Crippen LogP contribution < -0.4 is 5.32 Å². The molecule has 1 aliphatic heterocycles. The van der Waals surface area contributed by atoms with E-state index in [1.54, 1.807) is 4.31 Å². The molecule has 0 spiro atoms. The molecule has 2 fully saturated rings. The van der Waals surface area contributed by atoms with Gasteiger partial charge in [0, 0.05) is 25.7 Å². The fourth-order valence-corrected chi connectivity index (χ4v) is 4.15. The summed E-state index contributed by atoms with van der Waals surface area (Å²) in [5, 5.41) is 3.65. The van der Waals surface area contributed by atoms with Gasteiger partial charge in [-0.25, -0.2) is 12.7 Å². The molecule has 118 valence electrons. The van der Waals surface area contributed by atoms with Crippen LogP contribution in [0.2, 0.25) is 0 Å². The molecular formula is C15H30N2O2S. The fourth-order valence-electron chi connectivity index (χ4n) is 3.21. The summed E-state index contributed by atoms with van der Waals surface area (Å²) in [4.78, 5) is 0. The smallest absolute Gasteiger partial charge is 0.211 e. The minimum Gasteiger partial charge on any atom is -0.313 e. The van der Waals surface area contributed by atoms with Gasteiger partial charge in [-0.05, 0) is 49.9 Å². The van der Waals surface area contributed by atoms with E-state index in [0.717, 1.165) is 38.4 Å². The molecule has 5 heteroatoms. The summed E-state index contributed by atoms with van der Waals surface area (Å²) in [7, 11) is -3.02. The first kappa shape index (κ1) is 16.2. The average Bonchev–Trinajstić information content (AvgIpc) is 3.20. The van der Waals surface area contributed by atoms with Crippen LogP contribution in [0, 0.1) is 11.3 Å². The number of rotatable bonds is 7. The Balaban J connectivity index is 1.88. The van der Waals surface area contributed by atoms with Crippen LogP contribution in [-0.2, 0) is 10.0 Å². The molecule has 0 radical (unpaired) electrons. The third-order valence-corrected chi connectivity index (χ3v) is 6.25. The zero-order chi connectivity index (χ0) is 14.8. The average molecular weight is 302 g/mol. The molecule has 0 aromatic carbocycles. The van der Waals surface area contributed by atoms with E-state index in [4.69, 9.17) is 0 Å². The van der Waals surface area contributed by atoms with Crippen molar-refractivity contribution in [3.63, 3.8) is 0 Å². The highest BCUT2D eigenvalue weighted by Gasteiger charge is 2.33. The molecule has 1 saturated carbocycles. The SMILES string of the molecule is CCC(C)(CNC1CC1)CC1CCCN(S(C)(=O)=O)C1. The summed E-state index contributed by atoms with van der Waals surface area (Å²) < 4.78 is 25.1. The lowest BCUT2D eigenvalue weighted by molar-refractivity contribution is 0.168. The van der Waals surface area contributed by atoms with Gasteiger partial charge in [0.1, 0.15) is 0 Å². The topological polar surface area (TPSA) is 49.4 Å². The molecule has 2 rings (SSSR count). The monoisotopic (exact) mass is 302 g/mol. The normalized spacial score (nSPS) is 28.2. The van der Waals surface area contributed by atoms with Crippen molar-refractivity contribution in [2.45, 2.75) is 58.4 Å². The van der Waals surface area contributed by atoms with Gasteiger partial charge < -0.3 is 5.32 Å². The Morgan fingerprint density at radius 3 is 2.55 bits per heavy atom. The van der Waals surface area contributed by atoms with Crippen LogP contribution in [0.5, 0.6) is 0 Å². The molecule has 0 aromatic heterocycles. The van der Waals surface area contributed by atoms with Gasteiger partial charge in [0.2, 0.25) is 10.0 Å². The number of piperidine rings is 1. The zero-order valence-electron chi connectivity index (χ0n) is 13.2. The standard InChI is InChI=1S/C15H30N2O2S/c1-4-15(2,12-16-14-7-8-14)10-13-6-5-9-17(11-13)20(3,18)19/h13-14,16H,4-12H2,1-3H3. The molecule has 1 aliphatic carbocycles. The highest BCUT2D eigenvalue weighted by Crippen LogP contribution is 2.34. The van der Waals surface area contributed by atoms with E-state index < -0.39 is 10.0 Å². The molecule has 2 aliphatic rings. The van der Waals surface area contributed by atoms with Crippen LogP contribution in [0.1, 0.15) is 52.4 Å². The van der Waals surface area contributed by atoms with Gasteiger partial charge in [-0.15, -0.1) is 0 Å². The van der Waals surface area contributed by atoms with E-state index in [9.17, 15) is 8.42 Å². The van der Waals surface area contributed by atoms with Crippen LogP contribution in [0.4, 0.5) is 0 Å². The summed E-state index contributed by atoms with van der Waals surface area (Å²) in [6.45, 7) is 7.10. The lowest BCUT2D eigenvalue weighted by Crippen LogP contribution is -2.42. The van der Waals surface area contributed by atoms with Gasteiger partial charge in [-0.3, -0.25) is 0 Å². The second kappa shape index (κ2) is 6.32. The second-order valence-corrected chi connectivity index (χ2v) is 9.14. The van der Waals surface area contributed by atoms with E-state index in [1.165, 1.54) is 25.5 Å². The van der Waals surface area contributed by atoms with Crippen LogP contribution >= 0.6 is 0 Å². The van der Waals surface area contributed by atoms with Crippen molar-refractivity contribution in [2.75, 3.05) is 25.9 Å². The third kappa shape index (κ3) is 4.71. The summed E-state index contributed by atoms with van der Waals surface area (Å²) in [5.41, 5.74) is 0.299. The summed E-state index contributed by atoms with van der Waals surface area (Å²) in [6.07, 6.45) is 8.45. The maximum atomic E-state index is 11.7. The Hall–Kier alpha value is -0.130. The lowest BCUT2D eigenvalue weighted by Gasteiger charge is -2.37. The highest BCUT2D eigenvalue weighted by atomic mass is 32.2. The molecule has 1 N–H and O–H groups in total. The largest absolute Gasteiger partial charge is 0.313 e. The molecule has 1 heterocycles. The number of sulfonamides is 1. The van der Waals surface area contributed by atoms with Gasteiger partial charge in [0.05, 0.1) is 6.26 Å². The predicted molar refractivity (Wildman–Crippen MR) is 83.2 cm³/mol. The van der Waals surface area contributed by atoms with E-state index in [0.29, 0.717) is 17.9 Å². The predicted octanol–water partition coefficient (Wildman–Crippen LogP) is 2.22. The molecule has 1 saturated heterocycles. The first-order valence-electron chi connectivity index (χ1n) is 8.01. The maximum Gasteiger partial charge on any atom is 0.211 e. The van der Waals surface area contributed by atoms with Gasteiger partial charge in [-0.1, -0.05) is 13.8 Å². The van der Waals surface area contributed by atoms with Crippen LogP contribution in [0.15, 0.2) is 0 Å². The van der Waals surface area contributed by atoms with Crippen LogP contribution in [0.25, 0.3) is 0 Å². The summed E-state index contributed by atoms with van der Waals surface area (Å²) >= 11 is 0. The highest BCUT2D eigenvalue weighted by molar-refractivity contribution is 7.88. The van der Waals surface area contributed by atoms with Gasteiger partial charge in [0.15, 0.2) is 0 Å². The minimum absolute atomic E-state index is 0.299. The van der Waals surface area contributed by atoms with Crippen LogP contribution in [-0.4, -0.2) is 44.7 Å². The number of hydrogen-bond donors (Lipinski definition) is 1. The summed E-state index contributed by atoms with van der Waals surface area (Å²) in [6, 6.07) is 0.750. The van der Waals surface area contributed by atoms with Crippen molar-refractivity contribution < 1.29 is 8.42 Å². The molecule has 2 atom stereocenters. The van der Waals surface area contributed by atoms with Crippen molar-refractivity contribution in [1.82, 2.24) is 9.62 Å². The Kier molecular flexibility index (Phi) is 5.14. The van der Waals surface area contributed by atoms with Crippen LogP contribution in [0.3, 0.4) is 0 Å². The molecule has 0 amide bonds. The van der Waals surface area contributed by atoms with E-state index in [2.05, 4.69) is 19.2 Å². The van der Waals surface area contributed by atoms with E-state index in [1.807, 2.05) is 0 Å². The Labute approximate surface area is 124 Å². The second-order valence-electron chi connectivity index (χ2n) is 7.15. The van der Waals surface area contributed by atoms with Gasteiger partial charge in [0.25, 0.3) is 0 Å². The number of nitrogens with one attached hydrogen (secondary N) is 1. The molecule has 2 unspecified atom stereocenters. The molecule has 20 heavy (non-hydrogen) atoms. The Morgan fingerprint density at radius 2 is 2.00 bits per heavy atom. The first-order valence-corrected chi connectivity index (χ1v) is 9.86. The van der Waals surface area contributed by atoms with Gasteiger partial charge in [-0.2, -0.15) is 0 Å². The van der Waals surface area contributed by atoms with E-state index in [-0.39, 0.29) is 0 Å². The molecular weight excluding hydrogens is 272 g/mol. The Bertz CT molecular complexity index is 420. The molecule has 4 nitrogen and oxygen atoms in total. The molecule has 0 aromatic rings. The minimum atomic E-state index is -3.02. The quantitative estimate of drug-likeness (QED) is 0.784. The van der Waals surface area contributed by atoms with Gasteiger partial charge >= 0.3 is 0 Å². The van der Waals surface area contributed by atoms with Crippen molar-refractivity contribution in [2.24, 2.45) is 11.3 Å². The third-order valence-electron chi connectivity index (χ3n) is 4.98. The fraction of sp³-hybridized carbons (Fsp3) is 1.00. The Morgan fingerprint density at radius 1 is 1.30 bits per heavy atom. The lowest BCUT2D eigenvalue weighted by atomic mass is 9.76. The first-order chi connectivity index (χ1) is 9.32. The molecule has 0 bridgehead atoms. The number of nitrogens with zero attached hydrogens (tertiary/aromatic N) is 1. The van der Waals surface area contributed by atoms with Crippen molar-refractivity contribution in [3.8, 4) is 0 Å². The van der Waals surface area contributed by atoms with Crippen molar-refractivity contribution in [3.05, 3.63) is 0 Å². The van der Waals surface area contributed by atoms with Crippen molar-refractivity contribution in [1.29, 1.82) is 0 Å².